The molecule has 0 aliphatic carbocycles. The van der Waals surface area contributed by atoms with Crippen LogP contribution in [0, 0.1) is 5.41 Å². The number of methoxy groups -OCH3 is 1. The maximum atomic E-state index is 5.46. The molecule has 0 spiro atoms. The first kappa shape index (κ1) is 14.7. The second-order valence-electron chi connectivity index (χ2n) is 6.00. The van der Waals surface area contributed by atoms with E-state index in [1.54, 1.807) is 7.11 Å². The predicted molar refractivity (Wildman–Crippen MR) is 84.1 cm³/mol. The zero-order chi connectivity index (χ0) is 13.9. The van der Waals surface area contributed by atoms with Gasteiger partial charge in [0.05, 0.1) is 7.11 Å². The normalized spacial score (nSPS) is 23.9. The van der Waals surface area contributed by atoms with Crippen LogP contribution in [0.5, 0.6) is 5.75 Å². The Balaban J connectivity index is 2.09. The smallest absolute Gasteiger partial charge is 0.123 e. The van der Waals surface area contributed by atoms with E-state index in [0.29, 0.717) is 17.5 Å². The molecule has 19 heavy (non-hydrogen) atoms. The van der Waals surface area contributed by atoms with Crippen LogP contribution >= 0.6 is 11.8 Å². The van der Waals surface area contributed by atoms with E-state index in [1.165, 1.54) is 23.5 Å². The van der Waals surface area contributed by atoms with Gasteiger partial charge in [-0.25, -0.2) is 0 Å². The molecule has 1 aromatic rings. The minimum Gasteiger partial charge on any atom is -0.496 e. The third-order valence-corrected chi connectivity index (χ3v) is 5.24. The molecule has 0 aromatic heterocycles. The topological polar surface area (TPSA) is 21.3 Å². The lowest BCUT2D eigenvalue weighted by molar-refractivity contribution is 0.230. The van der Waals surface area contributed by atoms with E-state index in [4.69, 9.17) is 4.74 Å². The SMILES string of the molecule is COc1ccccc1C(C)NC1CSCCC1(C)C. The van der Waals surface area contributed by atoms with E-state index in [2.05, 4.69) is 50.0 Å². The molecule has 1 aliphatic heterocycles. The van der Waals surface area contributed by atoms with Gasteiger partial charge in [0.15, 0.2) is 0 Å². The molecule has 1 fully saturated rings. The van der Waals surface area contributed by atoms with Gasteiger partial charge in [0.2, 0.25) is 0 Å². The van der Waals surface area contributed by atoms with Gasteiger partial charge in [-0.3, -0.25) is 0 Å². The average molecular weight is 279 g/mol. The molecule has 106 valence electrons. The molecule has 1 saturated heterocycles. The van der Waals surface area contributed by atoms with Crippen molar-refractivity contribution in [2.75, 3.05) is 18.6 Å². The quantitative estimate of drug-likeness (QED) is 0.904. The van der Waals surface area contributed by atoms with Crippen molar-refractivity contribution in [2.45, 2.75) is 39.3 Å². The number of ether oxygens (including phenoxy) is 1. The molecule has 0 amide bonds. The summed E-state index contributed by atoms with van der Waals surface area (Å²) in [6, 6.07) is 9.17. The molecule has 2 atom stereocenters. The second-order valence-corrected chi connectivity index (χ2v) is 7.15. The number of benzene rings is 1. The molecule has 2 unspecified atom stereocenters. The lowest BCUT2D eigenvalue weighted by atomic mass is 9.81. The van der Waals surface area contributed by atoms with Crippen molar-refractivity contribution in [1.82, 2.24) is 5.32 Å². The van der Waals surface area contributed by atoms with Crippen LogP contribution in [0.4, 0.5) is 0 Å². The number of nitrogens with one attached hydrogen (secondary N) is 1. The van der Waals surface area contributed by atoms with Gasteiger partial charge in [-0.2, -0.15) is 11.8 Å². The summed E-state index contributed by atoms with van der Waals surface area (Å²) < 4.78 is 5.46. The van der Waals surface area contributed by atoms with E-state index < -0.39 is 0 Å². The van der Waals surface area contributed by atoms with Gasteiger partial charge in [0.1, 0.15) is 5.75 Å². The van der Waals surface area contributed by atoms with Crippen LogP contribution in [-0.2, 0) is 0 Å². The average Bonchev–Trinajstić information content (AvgIpc) is 2.41. The Morgan fingerprint density at radius 1 is 1.37 bits per heavy atom. The molecule has 1 aliphatic rings. The maximum absolute atomic E-state index is 5.46. The molecule has 0 radical (unpaired) electrons. The zero-order valence-electron chi connectivity index (χ0n) is 12.4. The van der Waals surface area contributed by atoms with Crippen molar-refractivity contribution in [3.8, 4) is 5.75 Å². The summed E-state index contributed by atoms with van der Waals surface area (Å²) in [5, 5.41) is 3.80. The third kappa shape index (κ3) is 3.46. The Kier molecular flexibility index (Phi) is 4.80. The Hall–Kier alpha value is -0.670. The number of hydrogen-bond donors (Lipinski definition) is 1. The summed E-state index contributed by atoms with van der Waals surface area (Å²) >= 11 is 2.06. The van der Waals surface area contributed by atoms with Crippen molar-refractivity contribution in [3.63, 3.8) is 0 Å². The molecule has 0 saturated carbocycles. The third-order valence-electron chi connectivity index (χ3n) is 4.18. The maximum Gasteiger partial charge on any atom is 0.123 e. The summed E-state index contributed by atoms with van der Waals surface area (Å²) in [5.41, 5.74) is 1.62. The van der Waals surface area contributed by atoms with Crippen LogP contribution in [0.3, 0.4) is 0 Å². The summed E-state index contributed by atoms with van der Waals surface area (Å²) in [5.74, 6) is 3.46. The highest BCUT2D eigenvalue weighted by Gasteiger charge is 2.33. The molecule has 3 heteroatoms. The number of hydrogen-bond acceptors (Lipinski definition) is 3. The highest BCUT2D eigenvalue weighted by molar-refractivity contribution is 7.99. The minimum atomic E-state index is 0.319. The Labute approximate surface area is 121 Å². The van der Waals surface area contributed by atoms with Crippen LogP contribution < -0.4 is 10.1 Å². The molecular formula is C16H25NOS. The summed E-state index contributed by atoms with van der Waals surface area (Å²) in [6.07, 6.45) is 1.29. The fraction of sp³-hybridized carbons (Fsp3) is 0.625. The van der Waals surface area contributed by atoms with Gasteiger partial charge in [0.25, 0.3) is 0 Å². The van der Waals surface area contributed by atoms with Gasteiger partial charge < -0.3 is 10.1 Å². The van der Waals surface area contributed by atoms with Crippen LogP contribution in [0.25, 0.3) is 0 Å². The molecule has 1 N–H and O–H groups in total. The largest absolute Gasteiger partial charge is 0.496 e. The van der Waals surface area contributed by atoms with E-state index in [1.807, 2.05) is 12.1 Å². The minimum absolute atomic E-state index is 0.319. The van der Waals surface area contributed by atoms with Crippen molar-refractivity contribution in [3.05, 3.63) is 29.8 Å². The molecule has 2 nitrogen and oxygen atoms in total. The van der Waals surface area contributed by atoms with Crippen LogP contribution in [0.2, 0.25) is 0 Å². The van der Waals surface area contributed by atoms with Gasteiger partial charge >= 0.3 is 0 Å². The van der Waals surface area contributed by atoms with Gasteiger partial charge in [-0.05, 0) is 30.6 Å². The highest BCUT2D eigenvalue weighted by Crippen LogP contribution is 2.36. The van der Waals surface area contributed by atoms with Gasteiger partial charge in [-0.1, -0.05) is 32.0 Å². The van der Waals surface area contributed by atoms with Crippen molar-refractivity contribution in [2.24, 2.45) is 5.41 Å². The van der Waals surface area contributed by atoms with Crippen LogP contribution in [0.1, 0.15) is 38.8 Å². The summed E-state index contributed by atoms with van der Waals surface area (Å²) in [4.78, 5) is 0. The summed E-state index contributed by atoms with van der Waals surface area (Å²) in [7, 11) is 1.74. The zero-order valence-corrected chi connectivity index (χ0v) is 13.2. The Bertz CT molecular complexity index is 419. The lowest BCUT2D eigenvalue weighted by Crippen LogP contribution is -2.47. The molecule has 0 bridgehead atoms. The molecular weight excluding hydrogens is 254 g/mol. The second kappa shape index (κ2) is 6.19. The summed E-state index contributed by atoms with van der Waals surface area (Å²) in [6.45, 7) is 6.98. The van der Waals surface area contributed by atoms with Gasteiger partial charge in [0, 0.05) is 23.4 Å². The monoisotopic (exact) mass is 279 g/mol. The lowest BCUT2D eigenvalue weighted by Gasteiger charge is -2.40. The van der Waals surface area contributed by atoms with Gasteiger partial charge in [-0.15, -0.1) is 0 Å². The predicted octanol–water partition coefficient (Wildman–Crippen LogP) is 3.88. The van der Waals surface area contributed by atoms with E-state index in [9.17, 15) is 0 Å². The first-order valence-electron chi connectivity index (χ1n) is 7.01. The van der Waals surface area contributed by atoms with Crippen molar-refractivity contribution >= 4 is 11.8 Å². The first-order valence-corrected chi connectivity index (χ1v) is 8.17. The number of para-hydroxylation sites is 1. The Morgan fingerprint density at radius 2 is 2.11 bits per heavy atom. The Morgan fingerprint density at radius 3 is 2.79 bits per heavy atom. The fourth-order valence-electron chi connectivity index (χ4n) is 2.63. The van der Waals surface area contributed by atoms with E-state index in [0.717, 1.165) is 5.75 Å². The van der Waals surface area contributed by atoms with Crippen molar-refractivity contribution in [1.29, 1.82) is 0 Å². The molecule has 1 aromatic carbocycles. The molecule has 1 heterocycles. The van der Waals surface area contributed by atoms with Crippen molar-refractivity contribution < 1.29 is 4.74 Å². The number of thioether (sulfide) groups is 1. The number of rotatable bonds is 4. The highest BCUT2D eigenvalue weighted by atomic mass is 32.2. The van der Waals surface area contributed by atoms with Crippen LogP contribution in [0.15, 0.2) is 24.3 Å². The van der Waals surface area contributed by atoms with E-state index >= 15 is 0 Å². The van der Waals surface area contributed by atoms with Crippen LogP contribution in [-0.4, -0.2) is 24.7 Å². The first-order chi connectivity index (χ1) is 9.04. The van der Waals surface area contributed by atoms with E-state index in [-0.39, 0.29) is 0 Å². The standard InChI is InChI=1S/C16H25NOS/c1-12(13-7-5-6-8-14(13)18-4)17-15-11-19-10-9-16(15,2)3/h5-8,12,15,17H,9-11H2,1-4H3. The fourth-order valence-corrected chi connectivity index (χ4v) is 4.25. The molecule has 2 rings (SSSR count).